The highest BCUT2D eigenvalue weighted by Gasteiger charge is 2.40. The van der Waals surface area contributed by atoms with E-state index >= 15 is 0 Å². The van der Waals surface area contributed by atoms with Gasteiger partial charge in [0.1, 0.15) is 17.6 Å². The Morgan fingerprint density at radius 1 is 1.20 bits per heavy atom. The molecule has 2 atom stereocenters. The van der Waals surface area contributed by atoms with Crippen LogP contribution >= 0.6 is 22.9 Å². The number of nitrogens with two attached hydrogens (primary N) is 1. The number of carbonyl (C=O) groups is 4. The van der Waals surface area contributed by atoms with Crippen molar-refractivity contribution < 1.29 is 32.3 Å². The molecule has 0 saturated carbocycles. The van der Waals surface area contributed by atoms with E-state index < -0.39 is 45.8 Å². The largest absolute Gasteiger partial charge is 0.465 e. The van der Waals surface area contributed by atoms with Crippen LogP contribution in [0, 0.1) is 0 Å². The Morgan fingerprint density at radius 3 is 2.70 bits per heavy atom. The fraction of sp³-hybridized carbons (Fsp3) is 0.444. The zero-order valence-corrected chi connectivity index (χ0v) is 26.4. The molecule has 2 aliphatic heterocycles. The van der Waals surface area contributed by atoms with Crippen LogP contribution in [-0.2, 0) is 35.6 Å². The topological polar surface area (TPSA) is 188 Å². The summed E-state index contributed by atoms with van der Waals surface area (Å²) in [4.78, 5) is 62.0. The molecule has 0 spiro atoms. The summed E-state index contributed by atoms with van der Waals surface area (Å²) in [6.45, 7) is 1.71. The van der Waals surface area contributed by atoms with Crippen molar-refractivity contribution in [2.75, 3.05) is 46.4 Å². The van der Waals surface area contributed by atoms with Gasteiger partial charge in [0.15, 0.2) is 5.01 Å². The highest BCUT2D eigenvalue weighted by molar-refractivity contribution is 7.89. The molecule has 2 aliphatic rings. The number of aromatic amines is 1. The molecular weight excluding hydrogens is 634 g/mol. The van der Waals surface area contributed by atoms with E-state index in [4.69, 9.17) is 22.1 Å². The lowest BCUT2D eigenvalue weighted by Gasteiger charge is -2.40. The normalized spacial score (nSPS) is 19.5. The average molecular weight is 666 g/mol. The number of thiazole rings is 1. The summed E-state index contributed by atoms with van der Waals surface area (Å²) in [5, 5.41) is 3.63. The Morgan fingerprint density at radius 2 is 1.98 bits per heavy atom. The molecule has 4 N–H and O–H groups in total. The van der Waals surface area contributed by atoms with Crippen LogP contribution in [0.1, 0.15) is 39.8 Å². The lowest BCUT2D eigenvalue weighted by atomic mass is 10.1. The summed E-state index contributed by atoms with van der Waals surface area (Å²) in [6.07, 6.45) is 0.248. The molecule has 1 aromatic carbocycles. The van der Waals surface area contributed by atoms with Gasteiger partial charge in [-0.25, -0.2) is 13.4 Å². The summed E-state index contributed by atoms with van der Waals surface area (Å²) in [5.41, 5.74) is 6.84. The number of primary amides is 1. The van der Waals surface area contributed by atoms with Gasteiger partial charge in [-0.2, -0.15) is 4.31 Å². The molecule has 44 heavy (non-hydrogen) atoms. The Balaban J connectivity index is 1.41. The van der Waals surface area contributed by atoms with Crippen LogP contribution in [0.3, 0.4) is 0 Å². The van der Waals surface area contributed by atoms with Gasteiger partial charge in [-0.15, -0.1) is 11.3 Å². The maximum atomic E-state index is 13.8. The number of hydrogen-bond donors (Lipinski definition) is 3. The number of ether oxygens (including phenoxy) is 1. The van der Waals surface area contributed by atoms with Crippen molar-refractivity contribution in [3.05, 3.63) is 44.9 Å². The molecule has 2 aromatic heterocycles. The van der Waals surface area contributed by atoms with Crippen LogP contribution in [0.2, 0.25) is 5.02 Å². The minimum atomic E-state index is -4.06. The SMILES string of the molecule is CCOC(=O)CNC(=O)CC1CN(S(=O)(=O)c2cc3cc(Cl)ccc3[nH]2)CCN1C(=O)c1nc2c(s1)C(C(N)=O)N(C)CC2. The predicted octanol–water partition coefficient (Wildman–Crippen LogP) is 0.877. The Bertz CT molecular complexity index is 1720. The monoisotopic (exact) mass is 665 g/mol. The van der Waals surface area contributed by atoms with Gasteiger partial charge in [0.2, 0.25) is 11.8 Å². The van der Waals surface area contributed by atoms with Crippen LogP contribution < -0.4 is 11.1 Å². The molecule has 17 heteroatoms. The number of benzene rings is 1. The van der Waals surface area contributed by atoms with Crippen LogP contribution in [0.5, 0.6) is 0 Å². The number of esters is 1. The molecular formula is C27H32ClN7O7S2. The van der Waals surface area contributed by atoms with E-state index in [1.165, 1.54) is 15.3 Å². The second-order valence-electron chi connectivity index (χ2n) is 10.5. The van der Waals surface area contributed by atoms with E-state index in [1.54, 1.807) is 37.1 Å². The summed E-state index contributed by atoms with van der Waals surface area (Å²) in [6, 6.07) is 4.86. The van der Waals surface area contributed by atoms with Crippen LogP contribution in [-0.4, -0.2) is 109 Å². The first-order valence-corrected chi connectivity index (χ1v) is 16.5. The number of likely N-dealkylation sites (N-methyl/N-ethyl adjacent to an activating group) is 1. The highest BCUT2D eigenvalue weighted by atomic mass is 35.5. The third kappa shape index (κ3) is 6.44. The van der Waals surface area contributed by atoms with Crippen molar-refractivity contribution in [2.45, 2.75) is 36.9 Å². The molecule has 0 radical (unpaired) electrons. The molecule has 0 aliphatic carbocycles. The molecule has 2 unspecified atom stereocenters. The number of rotatable bonds is 9. The molecule has 14 nitrogen and oxygen atoms in total. The number of fused-ring (bicyclic) bond motifs is 2. The van der Waals surface area contributed by atoms with E-state index in [9.17, 15) is 27.6 Å². The molecule has 236 valence electrons. The number of amides is 3. The minimum Gasteiger partial charge on any atom is -0.465 e. The maximum absolute atomic E-state index is 13.8. The van der Waals surface area contributed by atoms with Crippen molar-refractivity contribution in [2.24, 2.45) is 5.73 Å². The maximum Gasteiger partial charge on any atom is 0.325 e. The molecule has 3 amide bonds. The van der Waals surface area contributed by atoms with Gasteiger partial charge < -0.3 is 25.7 Å². The average Bonchev–Trinajstić information content (AvgIpc) is 3.60. The summed E-state index contributed by atoms with van der Waals surface area (Å²) < 4.78 is 33.5. The number of aromatic nitrogens is 2. The zero-order chi connectivity index (χ0) is 31.8. The van der Waals surface area contributed by atoms with Gasteiger partial charge in [-0.3, -0.25) is 24.1 Å². The first-order chi connectivity index (χ1) is 20.9. The molecule has 1 fully saturated rings. The lowest BCUT2D eigenvalue weighted by Crippen LogP contribution is -2.57. The number of H-pyrrole nitrogens is 1. The fourth-order valence-corrected chi connectivity index (χ4v) is 8.35. The second kappa shape index (κ2) is 12.8. The van der Waals surface area contributed by atoms with Gasteiger partial charge in [0.25, 0.3) is 15.9 Å². The van der Waals surface area contributed by atoms with E-state index in [0.29, 0.717) is 39.5 Å². The Kier molecular flexibility index (Phi) is 9.27. The number of piperazine rings is 1. The molecule has 0 bridgehead atoms. The summed E-state index contributed by atoms with van der Waals surface area (Å²) in [5.74, 6) is -2.22. The second-order valence-corrected chi connectivity index (χ2v) is 13.9. The van der Waals surface area contributed by atoms with Gasteiger partial charge in [0, 0.05) is 54.9 Å². The standard InChI is InChI=1S/C27H32ClN7O7S2/c1-3-42-22(37)13-30-20(36)12-17-14-34(44(40,41)21-11-15-10-16(28)4-5-18(15)31-21)8-9-35(17)27(39)26-32-19-6-7-33(2)23(25(29)38)24(19)43-26/h4-5,10-11,17,23,31H,3,6-9,12-14H2,1-2H3,(H2,29,38)(H,30,36). The first kappa shape index (κ1) is 31.8. The third-order valence-electron chi connectivity index (χ3n) is 7.61. The van der Waals surface area contributed by atoms with Gasteiger partial charge in [0.05, 0.1) is 23.2 Å². The van der Waals surface area contributed by atoms with Crippen molar-refractivity contribution in [1.29, 1.82) is 0 Å². The van der Waals surface area contributed by atoms with E-state index in [2.05, 4.69) is 15.3 Å². The number of nitrogens with zero attached hydrogens (tertiary/aromatic N) is 4. The van der Waals surface area contributed by atoms with Crippen LogP contribution in [0.25, 0.3) is 10.9 Å². The van der Waals surface area contributed by atoms with Crippen molar-refractivity contribution in [3.8, 4) is 0 Å². The van der Waals surface area contributed by atoms with Crippen LogP contribution in [0.15, 0.2) is 29.3 Å². The molecule has 5 rings (SSSR count). The van der Waals surface area contributed by atoms with E-state index in [-0.39, 0.29) is 49.2 Å². The molecule has 1 saturated heterocycles. The number of halogens is 1. The quantitative estimate of drug-likeness (QED) is 0.279. The fourth-order valence-electron chi connectivity index (χ4n) is 5.44. The number of sulfonamides is 1. The Labute approximate surface area is 262 Å². The van der Waals surface area contributed by atoms with Gasteiger partial charge >= 0.3 is 5.97 Å². The third-order valence-corrected chi connectivity index (χ3v) is 10.8. The molecule has 3 aromatic rings. The van der Waals surface area contributed by atoms with Crippen molar-refractivity contribution in [3.63, 3.8) is 0 Å². The van der Waals surface area contributed by atoms with Gasteiger partial charge in [-0.05, 0) is 38.2 Å². The summed E-state index contributed by atoms with van der Waals surface area (Å²) in [7, 11) is -2.29. The van der Waals surface area contributed by atoms with Crippen molar-refractivity contribution >= 4 is 67.6 Å². The summed E-state index contributed by atoms with van der Waals surface area (Å²) >= 11 is 7.14. The number of nitrogens with one attached hydrogen (secondary N) is 2. The predicted molar refractivity (Wildman–Crippen MR) is 162 cm³/mol. The zero-order valence-electron chi connectivity index (χ0n) is 24.0. The van der Waals surface area contributed by atoms with Gasteiger partial charge in [-0.1, -0.05) is 11.6 Å². The van der Waals surface area contributed by atoms with E-state index in [1.807, 2.05) is 0 Å². The molecule has 4 heterocycles. The number of hydrogen-bond acceptors (Lipinski definition) is 10. The van der Waals surface area contributed by atoms with E-state index in [0.717, 1.165) is 11.3 Å². The first-order valence-electron chi connectivity index (χ1n) is 13.9. The lowest BCUT2D eigenvalue weighted by molar-refractivity contribution is -0.143. The van der Waals surface area contributed by atoms with Crippen molar-refractivity contribution in [1.82, 2.24) is 29.4 Å². The van der Waals surface area contributed by atoms with Crippen LogP contribution in [0.4, 0.5) is 0 Å². The minimum absolute atomic E-state index is 0.0245. The number of carbonyl (C=O) groups excluding carboxylic acids is 4. The highest BCUT2D eigenvalue weighted by Crippen LogP contribution is 2.34. The smallest absolute Gasteiger partial charge is 0.325 e. The Hall–Kier alpha value is -3.57.